The molecular weight excluding hydrogens is 256 g/mol. The van der Waals surface area contributed by atoms with E-state index >= 15 is 0 Å². The zero-order valence-electron chi connectivity index (χ0n) is 11.0. The van der Waals surface area contributed by atoms with E-state index in [9.17, 15) is 4.21 Å². The van der Waals surface area contributed by atoms with Crippen molar-refractivity contribution in [2.75, 3.05) is 7.11 Å². The maximum absolute atomic E-state index is 12.3. The normalized spacial score (nSPS) is 13.1. The second kappa shape index (κ2) is 6.34. The topological polar surface area (TPSA) is 26.3 Å². The van der Waals surface area contributed by atoms with Crippen molar-refractivity contribution in [2.24, 2.45) is 0 Å². The molecule has 0 aliphatic heterocycles. The molecule has 0 spiro atoms. The van der Waals surface area contributed by atoms with E-state index in [1.165, 1.54) is 0 Å². The largest absolute Gasteiger partial charge is 0.495 e. The lowest BCUT2D eigenvalue weighted by Gasteiger charge is -2.06. The summed E-state index contributed by atoms with van der Waals surface area (Å²) in [7, 11) is 0.379. The highest BCUT2D eigenvalue weighted by Crippen LogP contribution is 2.18. The zero-order chi connectivity index (χ0) is 13.7. The average Bonchev–Trinajstić information content (AvgIpc) is 2.46. The molecular formula is C16H16O2S. The van der Waals surface area contributed by atoms with Crippen molar-refractivity contribution in [3.05, 3.63) is 71.1 Å². The number of methoxy groups -OCH3 is 1. The van der Waals surface area contributed by atoms with E-state index in [1.807, 2.05) is 61.5 Å². The predicted octanol–water partition coefficient (Wildman–Crippen LogP) is 3.75. The molecule has 0 amide bonds. The first kappa shape index (κ1) is 13.6. The Hall–Kier alpha value is -1.87. The van der Waals surface area contributed by atoms with Crippen LogP contribution in [0, 0.1) is 6.92 Å². The molecule has 0 heterocycles. The first-order valence-corrected chi connectivity index (χ1v) is 7.20. The van der Waals surface area contributed by atoms with E-state index < -0.39 is 10.8 Å². The molecule has 0 fully saturated rings. The molecule has 2 rings (SSSR count). The van der Waals surface area contributed by atoms with Gasteiger partial charge in [0.05, 0.1) is 23.3 Å². The molecule has 0 aromatic heterocycles. The van der Waals surface area contributed by atoms with Crippen LogP contribution >= 0.6 is 0 Å². The Kier molecular flexibility index (Phi) is 4.53. The van der Waals surface area contributed by atoms with Gasteiger partial charge in [0, 0.05) is 10.5 Å². The number of aryl methyl sites for hydroxylation is 1. The standard InChI is InChI=1S/C16H16O2S/c1-13-8-10-15(11-9-13)19(17)12-16(18-2)14-6-4-3-5-7-14/h3-12H,1-2H3/b16-12-. The van der Waals surface area contributed by atoms with E-state index in [4.69, 9.17) is 4.74 Å². The molecule has 1 atom stereocenters. The summed E-state index contributed by atoms with van der Waals surface area (Å²) in [6, 6.07) is 17.3. The van der Waals surface area contributed by atoms with Gasteiger partial charge in [-0.1, -0.05) is 48.0 Å². The summed E-state index contributed by atoms with van der Waals surface area (Å²) >= 11 is 0. The molecule has 19 heavy (non-hydrogen) atoms. The lowest BCUT2D eigenvalue weighted by atomic mass is 10.2. The summed E-state index contributed by atoms with van der Waals surface area (Å²) in [4.78, 5) is 0.774. The van der Waals surface area contributed by atoms with E-state index in [0.29, 0.717) is 5.76 Å². The van der Waals surface area contributed by atoms with Crippen molar-refractivity contribution in [3.63, 3.8) is 0 Å². The van der Waals surface area contributed by atoms with Gasteiger partial charge >= 0.3 is 0 Å². The van der Waals surface area contributed by atoms with Crippen LogP contribution in [-0.4, -0.2) is 11.3 Å². The first-order valence-electron chi connectivity index (χ1n) is 5.99. The zero-order valence-corrected chi connectivity index (χ0v) is 11.8. The lowest BCUT2D eigenvalue weighted by Crippen LogP contribution is -1.92. The minimum Gasteiger partial charge on any atom is -0.495 e. The van der Waals surface area contributed by atoms with Gasteiger partial charge in [-0.3, -0.25) is 0 Å². The fourth-order valence-electron chi connectivity index (χ4n) is 1.67. The van der Waals surface area contributed by atoms with E-state index in [1.54, 1.807) is 12.5 Å². The maximum atomic E-state index is 12.3. The van der Waals surface area contributed by atoms with Crippen LogP contribution in [0.1, 0.15) is 11.1 Å². The van der Waals surface area contributed by atoms with Crippen LogP contribution in [0.25, 0.3) is 5.76 Å². The third-order valence-corrected chi connectivity index (χ3v) is 3.91. The Morgan fingerprint density at radius 2 is 1.68 bits per heavy atom. The van der Waals surface area contributed by atoms with Crippen LogP contribution in [0.2, 0.25) is 0 Å². The molecule has 3 heteroatoms. The monoisotopic (exact) mass is 272 g/mol. The van der Waals surface area contributed by atoms with Crippen LogP contribution in [0.5, 0.6) is 0 Å². The van der Waals surface area contributed by atoms with Crippen LogP contribution < -0.4 is 0 Å². The molecule has 1 unspecified atom stereocenters. The summed E-state index contributed by atoms with van der Waals surface area (Å²) in [6.07, 6.45) is 0. The van der Waals surface area contributed by atoms with Crippen LogP contribution in [0.15, 0.2) is 64.9 Å². The van der Waals surface area contributed by atoms with Crippen molar-refractivity contribution < 1.29 is 8.95 Å². The summed E-state index contributed by atoms with van der Waals surface area (Å²) in [5.74, 6) is 0.625. The number of benzene rings is 2. The molecule has 0 aliphatic rings. The Bertz CT molecular complexity index is 586. The van der Waals surface area contributed by atoms with Gasteiger partial charge in [-0.2, -0.15) is 0 Å². The van der Waals surface area contributed by atoms with Gasteiger partial charge in [0.15, 0.2) is 0 Å². The highest BCUT2D eigenvalue weighted by molar-refractivity contribution is 7.88. The maximum Gasteiger partial charge on any atom is 0.135 e. The average molecular weight is 272 g/mol. The van der Waals surface area contributed by atoms with Gasteiger partial charge in [-0.05, 0) is 19.1 Å². The molecule has 0 saturated heterocycles. The van der Waals surface area contributed by atoms with E-state index in [-0.39, 0.29) is 0 Å². The Morgan fingerprint density at radius 1 is 1.05 bits per heavy atom. The van der Waals surface area contributed by atoms with Gasteiger partial charge < -0.3 is 4.74 Å². The third kappa shape index (κ3) is 3.55. The first-order chi connectivity index (χ1) is 9.20. The van der Waals surface area contributed by atoms with Crippen LogP contribution in [-0.2, 0) is 15.5 Å². The molecule has 2 nitrogen and oxygen atoms in total. The highest BCUT2D eigenvalue weighted by atomic mass is 32.2. The van der Waals surface area contributed by atoms with Crippen molar-refractivity contribution in [3.8, 4) is 0 Å². The summed E-state index contributed by atoms with van der Waals surface area (Å²) in [5, 5.41) is 1.64. The van der Waals surface area contributed by atoms with Crippen molar-refractivity contribution in [1.82, 2.24) is 0 Å². The minimum absolute atomic E-state index is 0.625. The van der Waals surface area contributed by atoms with Crippen molar-refractivity contribution in [1.29, 1.82) is 0 Å². The van der Waals surface area contributed by atoms with Crippen molar-refractivity contribution >= 4 is 16.6 Å². The molecule has 0 N–H and O–H groups in total. The molecule has 98 valence electrons. The molecule has 0 bridgehead atoms. The molecule has 0 saturated carbocycles. The van der Waals surface area contributed by atoms with Gasteiger partial charge in [0.25, 0.3) is 0 Å². The van der Waals surface area contributed by atoms with Gasteiger partial charge in [0.2, 0.25) is 0 Å². The van der Waals surface area contributed by atoms with Gasteiger partial charge in [0.1, 0.15) is 5.76 Å². The highest BCUT2D eigenvalue weighted by Gasteiger charge is 2.05. The Morgan fingerprint density at radius 3 is 2.26 bits per heavy atom. The summed E-state index contributed by atoms with van der Waals surface area (Å²) in [5.41, 5.74) is 2.07. The molecule has 0 aliphatic carbocycles. The number of hydrogen-bond acceptors (Lipinski definition) is 2. The Balaban J connectivity index is 2.28. The molecule has 0 radical (unpaired) electrons. The fraction of sp³-hybridized carbons (Fsp3) is 0.125. The predicted molar refractivity (Wildman–Crippen MR) is 79.0 cm³/mol. The van der Waals surface area contributed by atoms with E-state index in [2.05, 4.69) is 0 Å². The third-order valence-electron chi connectivity index (χ3n) is 2.75. The quantitative estimate of drug-likeness (QED) is 0.792. The van der Waals surface area contributed by atoms with Gasteiger partial charge in [-0.25, -0.2) is 4.21 Å². The summed E-state index contributed by atoms with van der Waals surface area (Å²) < 4.78 is 17.6. The van der Waals surface area contributed by atoms with Crippen molar-refractivity contribution in [2.45, 2.75) is 11.8 Å². The molecule has 2 aromatic carbocycles. The van der Waals surface area contributed by atoms with E-state index in [0.717, 1.165) is 16.0 Å². The minimum atomic E-state index is -1.21. The van der Waals surface area contributed by atoms with Crippen LogP contribution in [0.3, 0.4) is 0 Å². The summed E-state index contributed by atoms with van der Waals surface area (Å²) in [6.45, 7) is 2.01. The fourth-order valence-corrected chi connectivity index (χ4v) is 2.64. The van der Waals surface area contributed by atoms with Gasteiger partial charge in [-0.15, -0.1) is 0 Å². The second-order valence-corrected chi connectivity index (χ2v) is 5.46. The SMILES string of the molecule is CO/C(=C\S(=O)c1ccc(C)cc1)c1ccccc1. The number of hydrogen-bond donors (Lipinski definition) is 0. The molecule has 2 aromatic rings. The number of rotatable bonds is 4. The smallest absolute Gasteiger partial charge is 0.135 e. The van der Waals surface area contributed by atoms with Crippen LogP contribution in [0.4, 0.5) is 0 Å². The Labute approximate surface area is 116 Å². The second-order valence-electron chi connectivity index (χ2n) is 4.16. The lowest BCUT2D eigenvalue weighted by molar-refractivity contribution is 0.371. The number of ether oxygens (including phenoxy) is 1.